The lowest BCUT2D eigenvalue weighted by molar-refractivity contribution is -0.0591. The van der Waals surface area contributed by atoms with E-state index in [4.69, 9.17) is 4.74 Å². The van der Waals surface area contributed by atoms with Crippen LogP contribution in [0, 0.1) is 23.5 Å². The molecule has 2 amide bonds. The number of urea groups is 1. The number of aliphatic hydroxyl groups is 1. The van der Waals surface area contributed by atoms with Gasteiger partial charge in [-0.05, 0) is 83.2 Å². The van der Waals surface area contributed by atoms with Gasteiger partial charge in [0.1, 0.15) is 6.17 Å². The molecule has 2 aliphatic rings. The van der Waals surface area contributed by atoms with Gasteiger partial charge >= 0.3 is 6.03 Å². The molecule has 1 aliphatic carbocycles. The first-order valence-corrected chi connectivity index (χ1v) is 13.8. The van der Waals surface area contributed by atoms with Crippen molar-refractivity contribution in [2.24, 2.45) is 11.8 Å². The highest BCUT2D eigenvalue weighted by Crippen LogP contribution is 2.41. The van der Waals surface area contributed by atoms with Gasteiger partial charge < -0.3 is 25.4 Å². The fourth-order valence-electron chi connectivity index (χ4n) is 6.05. The lowest BCUT2D eigenvalue weighted by atomic mass is 9.74. The van der Waals surface area contributed by atoms with E-state index in [9.17, 15) is 23.1 Å². The summed E-state index contributed by atoms with van der Waals surface area (Å²) < 4.78 is 47.7. The van der Waals surface area contributed by atoms with Crippen molar-refractivity contribution in [1.29, 1.82) is 0 Å². The zero-order chi connectivity index (χ0) is 26.8. The van der Waals surface area contributed by atoms with E-state index in [1.165, 1.54) is 12.1 Å². The van der Waals surface area contributed by atoms with Gasteiger partial charge in [0, 0.05) is 50.9 Å². The second-order valence-corrected chi connectivity index (χ2v) is 10.8. The van der Waals surface area contributed by atoms with E-state index in [1.54, 1.807) is 12.0 Å². The molecule has 2 fully saturated rings. The summed E-state index contributed by atoms with van der Waals surface area (Å²) in [5.74, 6) is -2.08. The van der Waals surface area contributed by atoms with Crippen molar-refractivity contribution in [3.8, 4) is 0 Å². The highest BCUT2D eigenvalue weighted by atomic mass is 19.2. The van der Waals surface area contributed by atoms with E-state index >= 15 is 0 Å². The van der Waals surface area contributed by atoms with Crippen molar-refractivity contribution < 1.29 is 27.8 Å². The maximum atomic E-state index is 14.9. The molecule has 210 valence electrons. The summed E-state index contributed by atoms with van der Waals surface area (Å²) in [6.45, 7) is 1.91. The number of likely N-dealkylation sites (tertiary alicyclic amines) is 1. The molecule has 6 nitrogen and oxygen atoms in total. The van der Waals surface area contributed by atoms with Gasteiger partial charge in [0.15, 0.2) is 11.6 Å². The van der Waals surface area contributed by atoms with Crippen molar-refractivity contribution in [3.63, 3.8) is 0 Å². The number of alkyl halides is 1. The number of amides is 2. The van der Waals surface area contributed by atoms with Gasteiger partial charge in [-0.3, -0.25) is 0 Å². The summed E-state index contributed by atoms with van der Waals surface area (Å²) >= 11 is 0. The first-order chi connectivity index (χ1) is 17.8. The van der Waals surface area contributed by atoms with Gasteiger partial charge in [0.2, 0.25) is 0 Å². The number of carbonyl (C=O) groups excluding carboxylic acids is 1. The van der Waals surface area contributed by atoms with Gasteiger partial charge in [0.05, 0.1) is 5.60 Å². The molecule has 1 saturated carbocycles. The Morgan fingerprint density at radius 2 is 1.97 bits per heavy atom. The summed E-state index contributed by atoms with van der Waals surface area (Å²) in [5, 5.41) is 18.1. The molecule has 1 heterocycles. The Morgan fingerprint density at radius 3 is 2.68 bits per heavy atom. The zero-order valence-corrected chi connectivity index (χ0v) is 22.3. The predicted molar refractivity (Wildman–Crippen MR) is 138 cm³/mol. The van der Waals surface area contributed by atoms with Crippen LogP contribution in [0.1, 0.15) is 69.8 Å². The van der Waals surface area contributed by atoms with Crippen LogP contribution in [0.5, 0.6) is 0 Å². The fraction of sp³-hybridized carbons (Fsp3) is 0.750. The van der Waals surface area contributed by atoms with Crippen LogP contribution in [-0.4, -0.2) is 68.6 Å². The number of halogens is 3. The molecule has 9 heteroatoms. The van der Waals surface area contributed by atoms with Crippen molar-refractivity contribution in [1.82, 2.24) is 15.5 Å². The van der Waals surface area contributed by atoms with E-state index in [0.29, 0.717) is 64.1 Å². The van der Waals surface area contributed by atoms with E-state index in [1.807, 2.05) is 7.05 Å². The molecule has 0 radical (unpaired) electrons. The van der Waals surface area contributed by atoms with Gasteiger partial charge in [-0.1, -0.05) is 12.1 Å². The molecule has 3 N–H and O–H groups in total. The number of ether oxygens (including phenoxy) is 1. The molecular formula is C28H44F3N3O3. The van der Waals surface area contributed by atoms with Gasteiger partial charge in [-0.25, -0.2) is 18.0 Å². The Balaban J connectivity index is 1.70. The molecule has 0 spiro atoms. The van der Waals surface area contributed by atoms with Gasteiger partial charge in [-0.15, -0.1) is 0 Å². The number of rotatable bonds is 12. The van der Waals surface area contributed by atoms with E-state index in [-0.39, 0.29) is 30.6 Å². The fourth-order valence-corrected chi connectivity index (χ4v) is 6.05. The molecule has 1 aliphatic heterocycles. The molecule has 0 bridgehead atoms. The summed E-state index contributed by atoms with van der Waals surface area (Å²) in [6, 6.07) is 3.60. The number of nitrogens with one attached hydrogen (secondary N) is 2. The maximum absolute atomic E-state index is 14.9. The van der Waals surface area contributed by atoms with Crippen LogP contribution in [0.25, 0.3) is 0 Å². The van der Waals surface area contributed by atoms with Crippen LogP contribution in [0.15, 0.2) is 18.2 Å². The highest BCUT2D eigenvalue weighted by molar-refractivity contribution is 5.74. The Hall–Kier alpha value is -1.84. The van der Waals surface area contributed by atoms with Crippen molar-refractivity contribution in [2.45, 2.75) is 82.0 Å². The average Bonchev–Trinajstić information content (AvgIpc) is 2.89. The number of unbranched alkanes of at least 4 members (excludes halogenated alkanes) is 1. The number of nitrogens with zero attached hydrogens (tertiary/aromatic N) is 1. The lowest BCUT2D eigenvalue weighted by Crippen LogP contribution is -2.54. The number of hydrogen-bond acceptors (Lipinski definition) is 4. The number of benzene rings is 1. The third kappa shape index (κ3) is 8.07. The molecule has 1 unspecified atom stereocenters. The van der Waals surface area contributed by atoms with E-state index < -0.39 is 29.3 Å². The second-order valence-electron chi connectivity index (χ2n) is 10.8. The quantitative estimate of drug-likeness (QED) is 0.338. The van der Waals surface area contributed by atoms with Crippen LogP contribution >= 0.6 is 0 Å². The smallest absolute Gasteiger partial charge is 0.317 e. The van der Waals surface area contributed by atoms with Crippen LogP contribution in [0.4, 0.5) is 18.0 Å². The molecule has 0 aromatic heterocycles. The summed E-state index contributed by atoms with van der Waals surface area (Å²) in [7, 11) is 3.44. The topological polar surface area (TPSA) is 73.8 Å². The molecule has 3 rings (SSSR count). The van der Waals surface area contributed by atoms with Crippen LogP contribution in [0.3, 0.4) is 0 Å². The molecular weight excluding hydrogens is 483 g/mol. The lowest BCUT2D eigenvalue weighted by Gasteiger charge is -2.43. The molecule has 1 aromatic carbocycles. The van der Waals surface area contributed by atoms with Crippen LogP contribution < -0.4 is 10.6 Å². The molecule has 37 heavy (non-hydrogen) atoms. The number of methoxy groups -OCH3 is 1. The van der Waals surface area contributed by atoms with E-state index in [0.717, 1.165) is 25.3 Å². The maximum Gasteiger partial charge on any atom is 0.317 e. The minimum Gasteiger partial charge on any atom is -0.385 e. The van der Waals surface area contributed by atoms with Crippen LogP contribution in [0.2, 0.25) is 0 Å². The van der Waals surface area contributed by atoms with Crippen LogP contribution in [-0.2, 0) is 10.3 Å². The summed E-state index contributed by atoms with van der Waals surface area (Å²) in [5.41, 5.74) is -1.65. The first-order valence-electron chi connectivity index (χ1n) is 13.8. The van der Waals surface area contributed by atoms with Gasteiger partial charge in [-0.2, -0.15) is 0 Å². The number of likely N-dealkylation sites (N-methyl/N-ethyl adjacent to an activating group) is 1. The van der Waals surface area contributed by atoms with Gasteiger partial charge in [0.25, 0.3) is 0 Å². The number of piperidine rings is 1. The van der Waals surface area contributed by atoms with Crippen molar-refractivity contribution in [3.05, 3.63) is 35.4 Å². The first kappa shape index (κ1) is 29.7. The Morgan fingerprint density at radius 1 is 1.22 bits per heavy atom. The molecule has 3 atom stereocenters. The van der Waals surface area contributed by atoms with E-state index in [2.05, 4.69) is 10.6 Å². The SMILES string of the molecule is CNCC(CC1CCC(F)CC1)NC(=O)N1CCC[C@@H]([C@@](O)(CCCCOC)c2cccc(F)c2F)C1. The van der Waals surface area contributed by atoms with Crippen molar-refractivity contribution >= 4 is 6.03 Å². The zero-order valence-electron chi connectivity index (χ0n) is 22.3. The summed E-state index contributed by atoms with van der Waals surface area (Å²) in [6.07, 6.45) is 5.67. The Kier molecular flexibility index (Phi) is 11.5. The summed E-state index contributed by atoms with van der Waals surface area (Å²) in [4.78, 5) is 15.0. The standard InChI is InChI=1S/C28H44F3N3O3/c1-32-18-23(17-20-10-12-22(29)13-11-20)33-27(35)34-15-6-7-21(19-34)28(36,14-3-4-16-37-2)24-8-5-9-25(30)26(24)31/h5,8-9,20-23,32,36H,3-4,6-7,10-19H2,1-2H3,(H,33,35)/t20?,21-,22?,23?,28+/m1/s1. The largest absolute Gasteiger partial charge is 0.385 e. The number of hydrogen-bond donors (Lipinski definition) is 3. The third-order valence-corrected chi connectivity index (χ3v) is 8.13. The third-order valence-electron chi connectivity index (χ3n) is 8.13. The second kappa shape index (κ2) is 14.4. The molecule has 1 aromatic rings. The van der Waals surface area contributed by atoms with Crippen molar-refractivity contribution in [2.75, 3.05) is 40.4 Å². The minimum absolute atomic E-state index is 0.0475. The Labute approximate surface area is 219 Å². The average molecular weight is 528 g/mol. The normalized spacial score (nSPS) is 24.9. The molecule has 1 saturated heterocycles. The predicted octanol–water partition coefficient (Wildman–Crippen LogP) is 4.90. The monoisotopic (exact) mass is 527 g/mol. The minimum atomic E-state index is -1.60. The Bertz CT molecular complexity index is 853. The highest BCUT2D eigenvalue weighted by Gasteiger charge is 2.43. The number of carbonyl (C=O) groups is 1.